The quantitative estimate of drug-likeness (QED) is 0.119. The first-order valence-electron chi connectivity index (χ1n) is 15.1. The maximum Gasteiger partial charge on any atom is 0.269 e. The molecule has 0 bridgehead atoms. The fraction of sp³-hybridized carbons (Fsp3) is 0.294. The van der Waals surface area contributed by atoms with Crippen molar-refractivity contribution in [2.45, 2.75) is 28.5 Å². The number of methoxy groups -OCH3 is 2. The van der Waals surface area contributed by atoms with Crippen LogP contribution in [0.3, 0.4) is 0 Å². The van der Waals surface area contributed by atoms with E-state index in [-0.39, 0.29) is 47.0 Å². The summed E-state index contributed by atoms with van der Waals surface area (Å²) >= 11 is 14.7. The molecule has 0 radical (unpaired) electrons. The number of allylic oxidation sites excluding steroid dienone is 2. The average molecular weight is 710 g/mol. The molecule has 2 aliphatic carbocycles. The van der Waals surface area contributed by atoms with Crippen molar-refractivity contribution in [1.82, 2.24) is 0 Å². The van der Waals surface area contributed by atoms with Crippen LogP contribution < -0.4 is 19.3 Å². The Morgan fingerprint density at radius 3 is 2.14 bits per heavy atom. The number of hydrogen-bond acceptors (Lipinski definition) is 9. The monoisotopic (exact) mass is 709 g/mol. The highest BCUT2D eigenvalue weighted by molar-refractivity contribution is 6.58. The van der Waals surface area contributed by atoms with Gasteiger partial charge >= 0.3 is 0 Å². The molecule has 7 rings (SSSR count). The number of nitrogens with zero attached hydrogens (tertiary/aromatic N) is 3. The minimum absolute atomic E-state index is 0.00168. The molecule has 3 fully saturated rings. The Morgan fingerprint density at radius 1 is 0.898 bits per heavy atom. The van der Waals surface area contributed by atoms with Crippen molar-refractivity contribution in [3.8, 4) is 17.2 Å². The lowest BCUT2D eigenvalue weighted by Gasteiger charge is -2.50. The number of nitro benzene ring substituents is 1. The number of rotatable bonds is 6. The number of carbonyl (C=O) groups is 4. The third-order valence-electron chi connectivity index (χ3n) is 10.1. The van der Waals surface area contributed by atoms with Crippen molar-refractivity contribution in [2.24, 2.45) is 17.8 Å². The largest absolute Gasteiger partial charge is 0.507 e. The number of benzene rings is 3. The van der Waals surface area contributed by atoms with Crippen LogP contribution in [0.2, 0.25) is 0 Å². The molecule has 2 heterocycles. The summed E-state index contributed by atoms with van der Waals surface area (Å²) in [4.78, 5) is 64.9. The first kappa shape index (κ1) is 32.5. The summed E-state index contributed by atoms with van der Waals surface area (Å²) in [6.07, 6.45) is 1.37. The summed E-state index contributed by atoms with van der Waals surface area (Å²) < 4.78 is 24.8. The van der Waals surface area contributed by atoms with Crippen LogP contribution in [-0.4, -0.2) is 57.6 Å². The number of imide groups is 2. The molecular weight excluding hydrogens is 684 g/mol. The van der Waals surface area contributed by atoms with Gasteiger partial charge in [0.2, 0.25) is 11.8 Å². The van der Waals surface area contributed by atoms with Gasteiger partial charge in [0, 0.05) is 35.7 Å². The van der Waals surface area contributed by atoms with E-state index < -0.39 is 73.5 Å². The van der Waals surface area contributed by atoms with Gasteiger partial charge in [0.25, 0.3) is 17.5 Å². The Labute approximate surface area is 287 Å². The Hall–Kier alpha value is -5.01. The highest BCUT2D eigenvalue weighted by Crippen LogP contribution is 2.67. The summed E-state index contributed by atoms with van der Waals surface area (Å²) in [7, 11) is 2.70. The number of aromatic hydroxyl groups is 1. The van der Waals surface area contributed by atoms with Crippen LogP contribution in [0.4, 0.5) is 21.5 Å². The SMILES string of the molecule is COc1cc(O)c(C2C3=CCC4C(=O)N(c5ccc([N+](=O)[O-])cc5)C(=O)C4C3CC3(Cl)C(=O)N(c4ccc(F)cc4)C(=O)C23Cl)c(OC)c1. The second kappa shape index (κ2) is 11.3. The van der Waals surface area contributed by atoms with Crippen molar-refractivity contribution in [2.75, 3.05) is 24.0 Å². The Kier molecular flexibility index (Phi) is 7.49. The van der Waals surface area contributed by atoms with E-state index in [4.69, 9.17) is 32.7 Å². The lowest BCUT2D eigenvalue weighted by atomic mass is 9.56. The molecule has 6 unspecified atom stereocenters. The molecule has 2 saturated heterocycles. The van der Waals surface area contributed by atoms with E-state index in [1.807, 2.05) is 0 Å². The van der Waals surface area contributed by atoms with E-state index in [2.05, 4.69) is 0 Å². The molecule has 4 amide bonds. The predicted octanol–water partition coefficient (Wildman–Crippen LogP) is 5.22. The maximum absolute atomic E-state index is 14.6. The number of phenolic OH excluding ortho intramolecular Hbond substituents is 1. The minimum Gasteiger partial charge on any atom is -0.507 e. The second-order valence-corrected chi connectivity index (χ2v) is 13.5. The summed E-state index contributed by atoms with van der Waals surface area (Å²) in [6.45, 7) is 0. The number of fused-ring (bicyclic) bond motifs is 4. The Bertz CT molecular complexity index is 2010. The average Bonchev–Trinajstić information content (AvgIpc) is 3.42. The zero-order valence-electron chi connectivity index (χ0n) is 25.8. The predicted molar refractivity (Wildman–Crippen MR) is 173 cm³/mol. The number of phenols is 1. The van der Waals surface area contributed by atoms with Crippen molar-refractivity contribution in [3.05, 3.63) is 93.8 Å². The van der Waals surface area contributed by atoms with Gasteiger partial charge in [-0.3, -0.25) is 34.2 Å². The first-order valence-corrected chi connectivity index (χ1v) is 15.8. The van der Waals surface area contributed by atoms with Crippen LogP contribution in [0, 0.1) is 33.7 Å². The first-order chi connectivity index (χ1) is 23.3. The molecule has 252 valence electrons. The number of hydrogen-bond donors (Lipinski definition) is 1. The summed E-state index contributed by atoms with van der Waals surface area (Å²) in [5.74, 6) is -8.08. The molecule has 12 nitrogen and oxygen atoms in total. The molecule has 1 saturated carbocycles. The van der Waals surface area contributed by atoms with Crippen LogP contribution in [0.5, 0.6) is 17.2 Å². The second-order valence-electron chi connectivity index (χ2n) is 12.3. The van der Waals surface area contributed by atoms with Gasteiger partial charge in [0.15, 0.2) is 9.75 Å². The van der Waals surface area contributed by atoms with Crippen LogP contribution in [0.15, 0.2) is 72.3 Å². The summed E-state index contributed by atoms with van der Waals surface area (Å²) in [5.41, 5.74) is 0.288. The van der Waals surface area contributed by atoms with Gasteiger partial charge in [-0.2, -0.15) is 0 Å². The number of alkyl halides is 2. The topological polar surface area (TPSA) is 157 Å². The molecule has 0 aromatic heterocycles. The number of ether oxygens (including phenoxy) is 2. The van der Waals surface area contributed by atoms with E-state index >= 15 is 0 Å². The number of halogens is 3. The van der Waals surface area contributed by atoms with Crippen LogP contribution in [0.25, 0.3) is 0 Å². The Morgan fingerprint density at radius 2 is 1.53 bits per heavy atom. The molecule has 2 aliphatic heterocycles. The van der Waals surface area contributed by atoms with Crippen LogP contribution in [-0.2, 0) is 19.2 Å². The fourth-order valence-corrected chi connectivity index (χ4v) is 8.78. The molecule has 3 aromatic rings. The third kappa shape index (κ3) is 4.41. The highest BCUT2D eigenvalue weighted by atomic mass is 35.5. The number of anilines is 2. The smallest absolute Gasteiger partial charge is 0.269 e. The maximum atomic E-state index is 14.6. The van der Waals surface area contributed by atoms with E-state index in [0.717, 1.165) is 21.9 Å². The van der Waals surface area contributed by atoms with Gasteiger partial charge in [-0.05, 0) is 55.2 Å². The molecule has 15 heteroatoms. The number of amides is 4. The van der Waals surface area contributed by atoms with Gasteiger partial charge < -0.3 is 14.6 Å². The summed E-state index contributed by atoms with van der Waals surface area (Å²) in [5, 5.41) is 22.7. The number of non-ortho nitro benzene ring substituents is 1. The van der Waals surface area contributed by atoms with Crippen LogP contribution >= 0.6 is 23.2 Å². The minimum atomic E-state index is -2.31. The van der Waals surface area contributed by atoms with Gasteiger partial charge in [-0.15, -0.1) is 23.2 Å². The van der Waals surface area contributed by atoms with Crippen molar-refractivity contribution in [3.63, 3.8) is 0 Å². The fourth-order valence-electron chi connectivity index (χ4n) is 7.86. The van der Waals surface area contributed by atoms with E-state index in [1.165, 1.54) is 62.8 Å². The molecule has 6 atom stereocenters. The molecule has 1 N–H and O–H groups in total. The van der Waals surface area contributed by atoms with Gasteiger partial charge in [-0.1, -0.05) is 11.6 Å². The van der Waals surface area contributed by atoms with Crippen molar-refractivity contribution >= 4 is 63.9 Å². The van der Waals surface area contributed by atoms with Gasteiger partial charge in [-0.25, -0.2) is 9.29 Å². The molecular formula is C34H26Cl2FN3O9. The number of carbonyl (C=O) groups excluding carboxylic acids is 4. The zero-order chi connectivity index (χ0) is 35.2. The standard InChI is InChI=1S/C34H26Cl2FN3O9/c1-48-20-13-24(41)27(25(14-20)49-2)28-21-11-12-22-26(30(43)38(29(22)42)17-7-9-19(10-8-17)40(46)47)23(21)15-33(35)31(44)39(32(45)34(28,33)36)18-5-3-16(37)4-6-18/h3-11,13-14,22-23,26,28,41H,12,15H2,1-2H3. The van der Waals surface area contributed by atoms with E-state index in [1.54, 1.807) is 6.08 Å². The Balaban J connectivity index is 1.41. The molecule has 49 heavy (non-hydrogen) atoms. The van der Waals surface area contributed by atoms with Crippen molar-refractivity contribution < 1.29 is 43.1 Å². The lowest BCUT2D eigenvalue weighted by Crippen LogP contribution is -2.60. The molecule has 3 aromatic carbocycles. The van der Waals surface area contributed by atoms with Crippen molar-refractivity contribution in [1.29, 1.82) is 0 Å². The summed E-state index contributed by atoms with van der Waals surface area (Å²) in [6, 6.07) is 12.3. The third-order valence-corrected chi connectivity index (χ3v) is 11.5. The normalized spacial score (nSPS) is 29.0. The number of nitro groups is 1. The highest BCUT2D eigenvalue weighted by Gasteiger charge is 2.77. The molecule has 0 spiro atoms. The molecule has 4 aliphatic rings. The van der Waals surface area contributed by atoms with E-state index in [0.29, 0.717) is 5.57 Å². The lowest BCUT2D eigenvalue weighted by molar-refractivity contribution is -0.384. The van der Waals surface area contributed by atoms with Gasteiger partial charge in [0.05, 0.1) is 42.4 Å². The van der Waals surface area contributed by atoms with Gasteiger partial charge in [0.1, 0.15) is 23.1 Å². The van der Waals surface area contributed by atoms with E-state index in [9.17, 15) is 38.8 Å². The van der Waals surface area contributed by atoms with Crippen LogP contribution in [0.1, 0.15) is 24.3 Å². The zero-order valence-corrected chi connectivity index (χ0v) is 27.3.